The lowest BCUT2D eigenvalue weighted by Gasteiger charge is -2.02. The third-order valence-electron chi connectivity index (χ3n) is 1.95. The fraction of sp³-hybridized carbons (Fsp3) is 0.0909. The smallest absolute Gasteiger partial charge is 0.223 e. The number of aromatic nitrogens is 2. The highest BCUT2D eigenvalue weighted by atomic mass is 35.5. The van der Waals surface area contributed by atoms with Gasteiger partial charge in [-0.1, -0.05) is 23.7 Å². The summed E-state index contributed by atoms with van der Waals surface area (Å²) in [5.41, 5.74) is 2.56. The fourth-order valence-electron chi connectivity index (χ4n) is 1.33. The Morgan fingerprint density at radius 1 is 1.07 bits per heavy atom. The first-order valence-corrected chi connectivity index (χ1v) is 5.18. The zero-order chi connectivity index (χ0) is 10.8. The molecule has 76 valence electrons. The van der Waals surface area contributed by atoms with E-state index in [-0.39, 0.29) is 5.28 Å². The summed E-state index contributed by atoms with van der Waals surface area (Å²) in [4.78, 5) is 8.14. The Bertz CT molecular complexity index is 477. The second kappa shape index (κ2) is 4.17. The number of benzene rings is 1. The van der Waals surface area contributed by atoms with Gasteiger partial charge in [0.15, 0.2) is 0 Å². The van der Waals surface area contributed by atoms with Crippen LogP contribution in [0.15, 0.2) is 30.3 Å². The van der Waals surface area contributed by atoms with E-state index in [4.69, 9.17) is 23.2 Å². The largest absolute Gasteiger partial charge is 0.223 e. The molecule has 1 aromatic carbocycles. The number of aryl methyl sites for hydroxylation is 1. The van der Waals surface area contributed by atoms with Gasteiger partial charge >= 0.3 is 0 Å². The molecule has 2 aromatic rings. The minimum absolute atomic E-state index is 0.255. The molecular formula is C11H8Cl2N2. The molecule has 4 heteroatoms. The molecule has 0 radical (unpaired) electrons. The molecule has 1 heterocycles. The van der Waals surface area contributed by atoms with Gasteiger partial charge in [0.25, 0.3) is 0 Å². The Balaban J connectivity index is 2.54. The summed E-state index contributed by atoms with van der Waals surface area (Å²) in [6.07, 6.45) is 0. The normalized spacial score (nSPS) is 10.3. The van der Waals surface area contributed by atoms with E-state index in [2.05, 4.69) is 9.97 Å². The Morgan fingerprint density at radius 3 is 2.53 bits per heavy atom. The predicted octanol–water partition coefficient (Wildman–Crippen LogP) is 3.76. The maximum absolute atomic E-state index is 5.90. The minimum Gasteiger partial charge on any atom is -0.223 e. The molecule has 0 aliphatic carbocycles. The van der Waals surface area contributed by atoms with Crippen molar-refractivity contribution < 1.29 is 0 Å². The fourth-order valence-corrected chi connectivity index (χ4v) is 1.74. The molecule has 0 N–H and O–H groups in total. The van der Waals surface area contributed by atoms with Crippen LogP contribution in [0.2, 0.25) is 10.3 Å². The van der Waals surface area contributed by atoms with Gasteiger partial charge in [0.1, 0.15) is 0 Å². The standard InChI is InChI=1S/C11H8Cl2N2/c1-7-5-10(15-11(13)14-7)8-3-2-4-9(12)6-8/h2-6H,1H3. The maximum atomic E-state index is 5.90. The molecule has 0 saturated carbocycles. The van der Waals surface area contributed by atoms with Crippen LogP contribution >= 0.6 is 23.2 Å². The van der Waals surface area contributed by atoms with Crippen molar-refractivity contribution in [3.63, 3.8) is 0 Å². The second-order valence-corrected chi connectivity index (χ2v) is 3.95. The van der Waals surface area contributed by atoms with E-state index in [9.17, 15) is 0 Å². The molecule has 0 bridgehead atoms. The molecule has 0 saturated heterocycles. The average Bonchev–Trinajstić information content (AvgIpc) is 2.16. The van der Waals surface area contributed by atoms with Gasteiger partial charge in [-0.25, -0.2) is 9.97 Å². The van der Waals surface area contributed by atoms with E-state index >= 15 is 0 Å². The van der Waals surface area contributed by atoms with E-state index in [1.807, 2.05) is 37.3 Å². The van der Waals surface area contributed by atoms with Crippen LogP contribution in [0.3, 0.4) is 0 Å². The molecule has 0 aliphatic rings. The molecule has 0 aliphatic heterocycles. The highest BCUT2D eigenvalue weighted by Gasteiger charge is 2.03. The summed E-state index contributed by atoms with van der Waals surface area (Å²) in [6, 6.07) is 9.35. The van der Waals surface area contributed by atoms with Crippen molar-refractivity contribution >= 4 is 23.2 Å². The summed E-state index contributed by atoms with van der Waals surface area (Å²) in [5, 5.41) is 0.935. The Kier molecular flexibility index (Phi) is 2.89. The van der Waals surface area contributed by atoms with Crippen molar-refractivity contribution in [2.75, 3.05) is 0 Å². The monoisotopic (exact) mass is 238 g/mol. The van der Waals surface area contributed by atoms with Gasteiger partial charge in [0.05, 0.1) is 5.69 Å². The van der Waals surface area contributed by atoms with Crippen molar-refractivity contribution in [2.45, 2.75) is 6.92 Å². The Hall–Kier alpha value is -1.12. The molecule has 0 unspecified atom stereocenters. The van der Waals surface area contributed by atoms with Crippen LogP contribution in [0.25, 0.3) is 11.3 Å². The van der Waals surface area contributed by atoms with Gasteiger partial charge in [0, 0.05) is 16.3 Å². The van der Waals surface area contributed by atoms with Gasteiger partial charge in [0.2, 0.25) is 5.28 Å². The molecule has 0 amide bonds. The van der Waals surface area contributed by atoms with Gasteiger partial charge in [-0.3, -0.25) is 0 Å². The van der Waals surface area contributed by atoms with Gasteiger partial charge in [-0.15, -0.1) is 0 Å². The highest BCUT2D eigenvalue weighted by Crippen LogP contribution is 2.22. The summed E-state index contributed by atoms with van der Waals surface area (Å²) < 4.78 is 0. The SMILES string of the molecule is Cc1cc(-c2cccc(Cl)c2)nc(Cl)n1. The lowest BCUT2D eigenvalue weighted by atomic mass is 10.1. The summed E-state index contributed by atoms with van der Waals surface area (Å²) in [5.74, 6) is 0. The summed E-state index contributed by atoms with van der Waals surface area (Å²) in [7, 11) is 0. The topological polar surface area (TPSA) is 25.8 Å². The Morgan fingerprint density at radius 2 is 1.87 bits per heavy atom. The van der Waals surface area contributed by atoms with Crippen LogP contribution in [-0.2, 0) is 0 Å². The minimum atomic E-state index is 0.255. The van der Waals surface area contributed by atoms with Crippen LogP contribution in [0.5, 0.6) is 0 Å². The lowest BCUT2D eigenvalue weighted by Crippen LogP contribution is -1.90. The zero-order valence-corrected chi connectivity index (χ0v) is 9.55. The first-order chi connectivity index (χ1) is 7.15. The third kappa shape index (κ3) is 2.46. The number of halogens is 2. The average molecular weight is 239 g/mol. The number of hydrogen-bond donors (Lipinski definition) is 0. The molecule has 2 nitrogen and oxygen atoms in total. The summed E-state index contributed by atoms with van der Waals surface area (Å²) in [6.45, 7) is 1.88. The van der Waals surface area contributed by atoms with Crippen molar-refractivity contribution in [1.29, 1.82) is 0 Å². The van der Waals surface area contributed by atoms with Crippen molar-refractivity contribution in [3.05, 3.63) is 46.3 Å². The predicted molar refractivity (Wildman–Crippen MR) is 62.2 cm³/mol. The number of nitrogens with zero attached hydrogens (tertiary/aromatic N) is 2. The molecule has 15 heavy (non-hydrogen) atoms. The van der Waals surface area contributed by atoms with Gasteiger partial charge < -0.3 is 0 Å². The second-order valence-electron chi connectivity index (χ2n) is 3.17. The molecule has 1 aromatic heterocycles. The van der Waals surface area contributed by atoms with Crippen LogP contribution in [0, 0.1) is 6.92 Å². The molecule has 2 rings (SSSR count). The van der Waals surface area contributed by atoms with Crippen LogP contribution in [0.1, 0.15) is 5.69 Å². The first kappa shape index (κ1) is 10.4. The van der Waals surface area contributed by atoms with E-state index in [1.165, 1.54) is 0 Å². The van der Waals surface area contributed by atoms with Gasteiger partial charge in [-0.05, 0) is 36.7 Å². The number of rotatable bonds is 1. The van der Waals surface area contributed by atoms with E-state index < -0.39 is 0 Å². The number of hydrogen-bond acceptors (Lipinski definition) is 2. The lowest BCUT2D eigenvalue weighted by molar-refractivity contribution is 1.11. The molecule has 0 atom stereocenters. The van der Waals surface area contributed by atoms with E-state index in [1.54, 1.807) is 0 Å². The first-order valence-electron chi connectivity index (χ1n) is 4.42. The highest BCUT2D eigenvalue weighted by molar-refractivity contribution is 6.30. The van der Waals surface area contributed by atoms with Gasteiger partial charge in [-0.2, -0.15) is 0 Å². The zero-order valence-electron chi connectivity index (χ0n) is 8.04. The van der Waals surface area contributed by atoms with Crippen LogP contribution < -0.4 is 0 Å². The van der Waals surface area contributed by atoms with Crippen molar-refractivity contribution in [2.24, 2.45) is 0 Å². The molecule has 0 spiro atoms. The van der Waals surface area contributed by atoms with Crippen LogP contribution in [0.4, 0.5) is 0 Å². The quantitative estimate of drug-likeness (QED) is 0.708. The Labute approximate surface area is 97.9 Å². The van der Waals surface area contributed by atoms with Crippen LogP contribution in [-0.4, -0.2) is 9.97 Å². The third-order valence-corrected chi connectivity index (χ3v) is 2.35. The van der Waals surface area contributed by atoms with E-state index in [0.29, 0.717) is 5.02 Å². The molecular weight excluding hydrogens is 231 g/mol. The van der Waals surface area contributed by atoms with E-state index in [0.717, 1.165) is 17.0 Å². The maximum Gasteiger partial charge on any atom is 0.223 e. The van der Waals surface area contributed by atoms with Crippen molar-refractivity contribution in [1.82, 2.24) is 9.97 Å². The molecule has 0 fully saturated rings. The summed E-state index contributed by atoms with van der Waals surface area (Å²) >= 11 is 11.7. The van der Waals surface area contributed by atoms with Crippen molar-refractivity contribution in [3.8, 4) is 11.3 Å².